The second-order valence-electron chi connectivity index (χ2n) is 9.42. The molecule has 0 saturated carbocycles. The van der Waals surface area contributed by atoms with Crippen LogP contribution < -0.4 is 9.13 Å². The monoisotopic (exact) mass is 492 g/mol. The van der Waals surface area contributed by atoms with E-state index in [0.29, 0.717) is 0 Å². The van der Waals surface area contributed by atoms with E-state index < -0.39 is 0 Å². The van der Waals surface area contributed by atoms with E-state index in [9.17, 15) is 5.11 Å². The van der Waals surface area contributed by atoms with Gasteiger partial charge in [0.1, 0.15) is 5.75 Å². The summed E-state index contributed by atoms with van der Waals surface area (Å²) in [5.41, 5.74) is 9.97. The molecule has 3 nitrogen and oxygen atoms in total. The van der Waals surface area contributed by atoms with Crippen LogP contribution in [0.2, 0.25) is 0 Å². The van der Waals surface area contributed by atoms with Crippen molar-refractivity contribution in [3.8, 4) is 50.5 Å². The van der Waals surface area contributed by atoms with Gasteiger partial charge in [-0.2, -0.15) is 9.13 Å². The summed E-state index contributed by atoms with van der Waals surface area (Å²) >= 11 is 0. The second-order valence-corrected chi connectivity index (χ2v) is 9.42. The molecule has 6 aromatic rings. The van der Waals surface area contributed by atoms with Crippen LogP contribution in [0, 0.1) is 6.92 Å². The lowest BCUT2D eigenvalue weighted by Gasteiger charge is -2.07. The van der Waals surface area contributed by atoms with Crippen molar-refractivity contribution < 1.29 is 14.2 Å². The molecule has 0 atom stereocenters. The van der Waals surface area contributed by atoms with Crippen LogP contribution in [0.25, 0.3) is 44.8 Å². The maximum atomic E-state index is 10.4. The van der Waals surface area contributed by atoms with E-state index in [1.807, 2.05) is 48.5 Å². The van der Waals surface area contributed by atoms with Gasteiger partial charge in [0.25, 0.3) is 0 Å². The zero-order valence-corrected chi connectivity index (χ0v) is 21.2. The molecular weight excluding hydrogens is 464 g/mol. The molecule has 2 heterocycles. The summed E-state index contributed by atoms with van der Waals surface area (Å²) in [7, 11) is 0. The van der Waals surface area contributed by atoms with Gasteiger partial charge in [0.2, 0.25) is 11.4 Å². The fourth-order valence-electron chi connectivity index (χ4n) is 4.81. The Morgan fingerprint density at radius 3 is 1.42 bits per heavy atom. The molecule has 38 heavy (non-hydrogen) atoms. The first kappa shape index (κ1) is 23.4. The van der Waals surface area contributed by atoms with E-state index in [-0.39, 0.29) is 5.75 Å². The third-order valence-electron chi connectivity index (χ3n) is 6.96. The van der Waals surface area contributed by atoms with Gasteiger partial charge in [-0.3, -0.25) is 0 Å². The van der Waals surface area contributed by atoms with Crippen LogP contribution >= 0.6 is 0 Å². The smallest absolute Gasteiger partial charge is 0.211 e. The molecule has 1 N–H and O–H groups in total. The number of hydrogen-bond donors (Lipinski definition) is 1. The topological polar surface area (TPSA) is 28.0 Å². The van der Waals surface area contributed by atoms with Crippen molar-refractivity contribution in [2.45, 2.75) is 6.92 Å². The minimum Gasteiger partial charge on any atom is -0.507 e. The summed E-state index contributed by atoms with van der Waals surface area (Å²) in [6.45, 7) is 2.15. The van der Waals surface area contributed by atoms with Crippen molar-refractivity contribution in [3.05, 3.63) is 152 Å². The fraction of sp³-hybridized carbons (Fsp3) is 0.0286. The average Bonchev–Trinajstić information content (AvgIpc) is 2.99. The zero-order chi connectivity index (χ0) is 25.9. The maximum Gasteiger partial charge on any atom is 0.211 e. The molecular formula is C35H28N2O+2. The number of aryl methyl sites for hydroxylation is 1. The number of pyridine rings is 2. The van der Waals surface area contributed by atoms with Crippen molar-refractivity contribution in [3.63, 3.8) is 0 Å². The van der Waals surface area contributed by atoms with Gasteiger partial charge < -0.3 is 5.11 Å². The number of aromatic hydroxyl groups is 1. The van der Waals surface area contributed by atoms with Crippen LogP contribution in [0.4, 0.5) is 0 Å². The largest absolute Gasteiger partial charge is 0.507 e. The van der Waals surface area contributed by atoms with Crippen LogP contribution in [0.5, 0.6) is 5.75 Å². The van der Waals surface area contributed by atoms with Crippen molar-refractivity contribution in [1.29, 1.82) is 0 Å². The molecule has 4 aromatic carbocycles. The third kappa shape index (κ3) is 4.70. The van der Waals surface area contributed by atoms with Gasteiger partial charge in [0.05, 0.1) is 0 Å². The predicted molar refractivity (Wildman–Crippen MR) is 152 cm³/mol. The molecule has 182 valence electrons. The molecule has 0 amide bonds. The lowest BCUT2D eigenvalue weighted by molar-refractivity contribution is -0.596. The van der Waals surface area contributed by atoms with Crippen molar-refractivity contribution >= 4 is 0 Å². The summed E-state index contributed by atoms with van der Waals surface area (Å²) in [6.07, 6.45) is 8.34. The molecule has 0 saturated heterocycles. The zero-order valence-electron chi connectivity index (χ0n) is 21.2. The normalized spacial score (nSPS) is 10.9. The highest BCUT2D eigenvalue weighted by Crippen LogP contribution is 2.30. The first-order chi connectivity index (χ1) is 18.7. The number of aromatic nitrogens is 2. The molecule has 0 aliphatic carbocycles. The number of phenolic OH excluding ortho intramolecular Hbond substituents is 1. The Balaban J connectivity index is 1.25. The molecule has 2 aromatic heterocycles. The highest BCUT2D eigenvalue weighted by molar-refractivity contribution is 5.72. The number of nitrogens with zero attached hydrogens (tertiary/aromatic N) is 2. The van der Waals surface area contributed by atoms with Gasteiger partial charge >= 0.3 is 0 Å². The first-order valence-electron chi connectivity index (χ1n) is 12.7. The molecule has 0 radical (unpaired) electrons. The predicted octanol–water partition coefficient (Wildman–Crippen LogP) is 7.26. The Morgan fingerprint density at radius 1 is 0.447 bits per heavy atom. The highest BCUT2D eigenvalue weighted by atomic mass is 16.3. The van der Waals surface area contributed by atoms with Gasteiger partial charge in [0.15, 0.2) is 24.8 Å². The van der Waals surface area contributed by atoms with Gasteiger partial charge in [-0.1, -0.05) is 66.7 Å². The molecule has 0 bridgehead atoms. The summed E-state index contributed by atoms with van der Waals surface area (Å²) in [4.78, 5) is 0. The summed E-state index contributed by atoms with van der Waals surface area (Å²) in [5.74, 6) is 0.277. The first-order valence-corrected chi connectivity index (χ1v) is 12.7. The summed E-state index contributed by atoms with van der Waals surface area (Å²) in [5, 5.41) is 10.4. The second kappa shape index (κ2) is 10.2. The molecule has 6 rings (SSSR count). The van der Waals surface area contributed by atoms with E-state index in [0.717, 1.165) is 33.6 Å². The average molecular weight is 493 g/mol. The standard InChI is InChI=1S/C35H27N2O/c1-26-12-13-31(24-33(26)29-8-4-2-5-9-29)36-20-16-27(17-21-36)28-18-22-37(23-19-28)32-14-15-35(38)34(25-32)30-10-6-3-7-11-30/h2-25H,1H3/q+1/p+1. The minimum atomic E-state index is 0.277. The molecule has 0 fully saturated rings. The molecule has 0 unspecified atom stereocenters. The van der Waals surface area contributed by atoms with E-state index in [4.69, 9.17) is 0 Å². The van der Waals surface area contributed by atoms with E-state index >= 15 is 0 Å². The fourth-order valence-corrected chi connectivity index (χ4v) is 4.81. The van der Waals surface area contributed by atoms with Crippen LogP contribution in [0.15, 0.2) is 146 Å². The Labute approximate surface area is 223 Å². The Morgan fingerprint density at radius 2 is 0.895 bits per heavy atom. The van der Waals surface area contributed by atoms with Crippen LogP contribution in [0.3, 0.4) is 0 Å². The number of rotatable bonds is 5. The summed E-state index contributed by atoms with van der Waals surface area (Å²) in [6, 6.07) is 41.3. The van der Waals surface area contributed by atoms with E-state index in [2.05, 4.69) is 108 Å². The number of phenols is 1. The van der Waals surface area contributed by atoms with Gasteiger partial charge in [-0.15, -0.1) is 0 Å². The van der Waals surface area contributed by atoms with Gasteiger partial charge in [-0.25, -0.2) is 0 Å². The lowest BCUT2D eigenvalue weighted by atomic mass is 10.00. The van der Waals surface area contributed by atoms with Crippen LogP contribution in [0.1, 0.15) is 5.56 Å². The molecule has 3 heteroatoms. The number of benzene rings is 4. The molecule has 0 aliphatic heterocycles. The van der Waals surface area contributed by atoms with E-state index in [1.54, 1.807) is 6.07 Å². The van der Waals surface area contributed by atoms with Crippen LogP contribution in [-0.4, -0.2) is 5.11 Å². The van der Waals surface area contributed by atoms with Crippen molar-refractivity contribution in [2.24, 2.45) is 0 Å². The Kier molecular flexibility index (Phi) is 6.25. The maximum absolute atomic E-state index is 10.4. The molecule has 0 spiro atoms. The highest BCUT2D eigenvalue weighted by Gasteiger charge is 2.14. The van der Waals surface area contributed by atoms with Crippen LogP contribution in [-0.2, 0) is 0 Å². The lowest BCUT2D eigenvalue weighted by Crippen LogP contribution is -2.29. The van der Waals surface area contributed by atoms with Gasteiger partial charge in [0, 0.05) is 54.1 Å². The third-order valence-corrected chi connectivity index (χ3v) is 6.96. The van der Waals surface area contributed by atoms with E-state index in [1.165, 1.54) is 16.7 Å². The Bertz CT molecular complexity index is 1560. The Hall–Kier alpha value is -5.02. The minimum absolute atomic E-state index is 0.277. The molecule has 0 aliphatic rings. The summed E-state index contributed by atoms with van der Waals surface area (Å²) < 4.78 is 4.22. The van der Waals surface area contributed by atoms with Crippen molar-refractivity contribution in [1.82, 2.24) is 0 Å². The quantitative estimate of drug-likeness (QED) is 0.252. The van der Waals surface area contributed by atoms with Gasteiger partial charge in [-0.05, 0) is 46.4 Å². The SMILES string of the molecule is Cc1ccc(-[n+]2ccc(-c3cc[n+](-c4ccc(O)c(-c5ccccc5)c4)cc3)cc2)cc1-c1ccccc1. The number of hydrogen-bond acceptors (Lipinski definition) is 1. The van der Waals surface area contributed by atoms with Crippen molar-refractivity contribution in [2.75, 3.05) is 0 Å².